The third kappa shape index (κ3) is 5.39. The number of carbonyl (C=O) groups is 1. The Bertz CT molecular complexity index is 1640. The molecule has 3 aromatic heterocycles. The number of aromatic nitrogens is 4. The maximum atomic E-state index is 13.2. The van der Waals surface area contributed by atoms with Gasteiger partial charge < -0.3 is 15.6 Å². The fourth-order valence-electron chi connectivity index (χ4n) is 5.55. The molecule has 8 nitrogen and oxygen atoms in total. The van der Waals surface area contributed by atoms with Crippen LogP contribution >= 0.6 is 0 Å². The van der Waals surface area contributed by atoms with E-state index in [0.717, 1.165) is 64.7 Å². The Morgan fingerprint density at radius 3 is 2.66 bits per heavy atom. The molecule has 0 radical (unpaired) electrons. The normalized spacial score (nSPS) is 19.4. The molecule has 3 N–H and O–H groups in total. The van der Waals surface area contributed by atoms with Gasteiger partial charge in [0.05, 0.1) is 17.1 Å². The number of nitrogens with two attached hydrogens (primary N) is 1. The first-order chi connectivity index (χ1) is 19.4. The van der Waals surface area contributed by atoms with Gasteiger partial charge in [0, 0.05) is 29.8 Å². The van der Waals surface area contributed by atoms with Gasteiger partial charge in [0.15, 0.2) is 0 Å². The van der Waals surface area contributed by atoms with Crippen LogP contribution in [0.15, 0.2) is 24.7 Å². The molecule has 2 aliphatic rings. The summed E-state index contributed by atoms with van der Waals surface area (Å²) >= 11 is 0. The largest absolute Gasteiger partial charge is 0.383 e. The van der Waals surface area contributed by atoms with Gasteiger partial charge in [-0.1, -0.05) is 45.9 Å². The third-order valence-corrected chi connectivity index (χ3v) is 13.6. The summed E-state index contributed by atoms with van der Waals surface area (Å²) in [5.74, 6) is 3.75. The Kier molecular flexibility index (Phi) is 7.52. The van der Waals surface area contributed by atoms with Crippen molar-refractivity contribution in [2.75, 3.05) is 12.3 Å². The van der Waals surface area contributed by atoms with E-state index < -0.39 is 8.07 Å². The van der Waals surface area contributed by atoms with Crippen LogP contribution in [0.4, 0.5) is 5.82 Å². The topological polar surface area (TPSA) is 125 Å². The minimum absolute atomic E-state index is 0.0980. The number of aromatic amines is 1. The summed E-state index contributed by atoms with van der Waals surface area (Å²) in [5.41, 5.74) is 16.4. The molecular weight excluding hydrogens is 526 g/mol. The van der Waals surface area contributed by atoms with E-state index in [2.05, 4.69) is 79.4 Å². The number of nitrogens with zero attached hydrogens (tertiary/aromatic N) is 5. The van der Waals surface area contributed by atoms with Crippen molar-refractivity contribution >= 4 is 36.4 Å². The van der Waals surface area contributed by atoms with Crippen molar-refractivity contribution in [3.63, 3.8) is 0 Å². The Labute approximate surface area is 243 Å². The fourth-order valence-corrected chi connectivity index (χ4v) is 6.36. The first-order valence-corrected chi connectivity index (χ1v) is 17.4. The second-order valence-corrected chi connectivity index (χ2v) is 17.9. The van der Waals surface area contributed by atoms with Crippen molar-refractivity contribution in [3.8, 4) is 28.8 Å². The minimum atomic E-state index is -1.76. The van der Waals surface area contributed by atoms with E-state index >= 15 is 0 Å². The molecule has 2 atom stereocenters. The number of amides is 1. The van der Waals surface area contributed by atoms with Crippen molar-refractivity contribution < 1.29 is 4.79 Å². The van der Waals surface area contributed by atoms with E-state index in [1.165, 1.54) is 6.33 Å². The van der Waals surface area contributed by atoms with Gasteiger partial charge in [0.25, 0.3) is 0 Å². The summed E-state index contributed by atoms with van der Waals surface area (Å²) in [6, 6.07) is 4.04. The highest BCUT2D eigenvalue weighted by molar-refractivity contribution is 6.87. The molecule has 4 heterocycles. The van der Waals surface area contributed by atoms with Gasteiger partial charge in [0.1, 0.15) is 37.6 Å². The van der Waals surface area contributed by atoms with Crippen molar-refractivity contribution in [1.82, 2.24) is 24.8 Å². The number of hydrogen-bond donors (Lipinski definition) is 2. The molecular formula is C32H39N7OSi. The average molecular weight is 566 g/mol. The standard InChI is InChI=1S/C32H39N7OSi/c1-20-16-23(13-15-41(5,6)32(2,3)4)35-18-25(20)28-26(27-29(34)36-19-37-30(27)38-28)21-9-11-22(12-10-21)31(40)39-14-7-8-24(39)17-33/h9,16,18-19,22,24H,7-8,10-12,14H2,1-6H3,(H3,34,36,37,38)/t22-,24+/m1/s1. The van der Waals surface area contributed by atoms with Crippen LogP contribution in [0.2, 0.25) is 18.1 Å². The van der Waals surface area contributed by atoms with E-state index in [1.807, 2.05) is 12.3 Å². The van der Waals surface area contributed by atoms with E-state index in [0.29, 0.717) is 24.4 Å². The number of nitriles is 1. The number of carbonyl (C=O) groups excluding carboxylic acids is 1. The summed E-state index contributed by atoms with van der Waals surface area (Å²) in [5, 5.41) is 10.4. The molecule has 0 aromatic carbocycles. The van der Waals surface area contributed by atoms with E-state index in [-0.39, 0.29) is 22.9 Å². The maximum absolute atomic E-state index is 13.2. The molecule has 1 fully saturated rings. The number of likely N-dealkylation sites (tertiary alicyclic amines) is 1. The summed E-state index contributed by atoms with van der Waals surface area (Å²) in [6.07, 6.45) is 9.24. The van der Waals surface area contributed by atoms with Crippen LogP contribution in [0.25, 0.3) is 27.9 Å². The molecule has 9 heteroatoms. The monoisotopic (exact) mass is 565 g/mol. The maximum Gasteiger partial charge on any atom is 0.227 e. The van der Waals surface area contributed by atoms with Crippen molar-refractivity contribution in [3.05, 3.63) is 41.5 Å². The van der Waals surface area contributed by atoms with Crippen LogP contribution in [-0.4, -0.2) is 51.4 Å². The van der Waals surface area contributed by atoms with Crippen LogP contribution < -0.4 is 5.73 Å². The van der Waals surface area contributed by atoms with Gasteiger partial charge >= 0.3 is 0 Å². The number of H-pyrrole nitrogens is 1. The number of hydrogen-bond acceptors (Lipinski definition) is 6. The van der Waals surface area contributed by atoms with Gasteiger partial charge in [-0.15, -0.1) is 5.54 Å². The van der Waals surface area contributed by atoms with Crippen molar-refractivity contribution in [1.29, 1.82) is 5.26 Å². The molecule has 1 amide bonds. The zero-order valence-corrected chi connectivity index (χ0v) is 25.9. The highest BCUT2D eigenvalue weighted by atomic mass is 28.3. The Balaban J connectivity index is 1.50. The van der Waals surface area contributed by atoms with Gasteiger partial charge in [-0.3, -0.25) is 4.79 Å². The highest BCUT2D eigenvalue weighted by Crippen LogP contribution is 2.42. The number of pyridine rings is 1. The number of allylic oxidation sites excluding steroid dienone is 2. The molecule has 0 bridgehead atoms. The second kappa shape index (κ2) is 10.8. The lowest BCUT2D eigenvalue weighted by molar-refractivity contribution is -0.135. The lowest BCUT2D eigenvalue weighted by Crippen LogP contribution is -2.39. The number of rotatable bonds is 3. The lowest BCUT2D eigenvalue weighted by atomic mass is 9.84. The highest BCUT2D eigenvalue weighted by Gasteiger charge is 2.35. The fraction of sp³-hybridized carbons (Fsp3) is 0.469. The first kappa shape index (κ1) is 28.6. The zero-order chi connectivity index (χ0) is 29.5. The average Bonchev–Trinajstić information content (AvgIpc) is 3.57. The number of aryl methyl sites for hydroxylation is 1. The van der Waals surface area contributed by atoms with Gasteiger partial charge in [-0.25, -0.2) is 15.0 Å². The predicted octanol–water partition coefficient (Wildman–Crippen LogP) is 6.01. The van der Waals surface area contributed by atoms with Gasteiger partial charge in [-0.05, 0) is 61.3 Å². The number of nitrogens with one attached hydrogen (secondary N) is 1. The summed E-state index contributed by atoms with van der Waals surface area (Å²) in [4.78, 5) is 32.0. The molecule has 1 aliphatic carbocycles. The number of nitrogen functional groups attached to an aromatic ring is 1. The number of anilines is 1. The quantitative estimate of drug-likeness (QED) is 0.296. The number of fused-ring (bicyclic) bond motifs is 1. The van der Waals surface area contributed by atoms with Crippen LogP contribution in [0.3, 0.4) is 0 Å². The molecule has 5 rings (SSSR count). The molecule has 0 unspecified atom stereocenters. The summed E-state index contributed by atoms with van der Waals surface area (Å²) in [7, 11) is -1.76. The molecule has 3 aromatic rings. The molecule has 212 valence electrons. The molecule has 0 spiro atoms. The van der Waals surface area contributed by atoms with E-state index in [4.69, 9.17) is 10.7 Å². The lowest BCUT2D eigenvalue weighted by Gasteiger charge is -2.31. The SMILES string of the molecule is Cc1cc(C#C[Si](C)(C)C(C)(C)C)ncc1-c1[nH]c2ncnc(N)c2c1C1=CC[C@@H](C(=O)N2CCC[C@H]2C#N)CC1. The third-order valence-electron chi connectivity index (χ3n) is 9.14. The predicted molar refractivity (Wildman–Crippen MR) is 166 cm³/mol. The summed E-state index contributed by atoms with van der Waals surface area (Å²) < 4.78 is 0. The Hall–Kier alpha value is -3.95. The van der Waals surface area contributed by atoms with Crippen molar-refractivity contribution in [2.24, 2.45) is 5.92 Å². The Morgan fingerprint density at radius 2 is 2.00 bits per heavy atom. The smallest absolute Gasteiger partial charge is 0.227 e. The second-order valence-electron chi connectivity index (χ2n) is 12.9. The van der Waals surface area contributed by atoms with Crippen molar-refractivity contribution in [2.45, 2.75) is 84.0 Å². The Morgan fingerprint density at radius 1 is 1.22 bits per heavy atom. The van der Waals surface area contributed by atoms with E-state index in [9.17, 15) is 10.1 Å². The van der Waals surface area contributed by atoms with Crippen LogP contribution in [0, 0.1) is 35.6 Å². The van der Waals surface area contributed by atoms with E-state index in [1.54, 1.807) is 4.90 Å². The molecule has 1 saturated heterocycles. The van der Waals surface area contributed by atoms with Crippen LogP contribution in [-0.2, 0) is 4.79 Å². The van der Waals surface area contributed by atoms with Gasteiger partial charge in [0.2, 0.25) is 5.91 Å². The molecule has 1 aliphatic heterocycles. The molecule has 0 saturated carbocycles. The minimum Gasteiger partial charge on any atom is -0.383 e. The first-order valence-electron chi connectivity index (χ1n) is 14.4. The van der Waals surface area contributed by atoms with Crippen LogP contribution in [0.5, 0.6) is 0 Å². The van der Waals surface area contributed by atoms with Crippen LogP contribution in [0.1, 0.15) is 69.7 Å². The van der Waals surface area contributed by atoms with Gasteiger partial charge in [-0.2, -0.15) is 5.26 Å². The molecule has 41 heavy (non-hydrogen) atoms. The summed E-state index contributed by atoms with van der Waals surface area (Å²) in [6.45, 7) is 14.1. The zero-order valence-electron chi connectivity index (χ0n) is 24.9.